The van der Waals surface area contributed by atoms with Crippen LogP contribution in [0.5, 0.6) is 0 Å². The predicted molar refractivity (Wildman–Crippen MR) is 109 cm³/mol. The Morgan fingerprint density at radius 1 is 1.41 bits per heavy atom. The largest absolute Gasteiger partial charge is 0.467 e. The van der Waals surface area contributed by atoms with Crippen molar-refractivity contribution in [1.82, 2.24) is 19.8 Å². The lowest BCUT2D eigenvalue weighted by molar-refractivity contribution is -0.135. The molecule has 7 nitrogen and oxygen atoms in total. The van der Waals surface area contributed by atoms with Gasteiger partial charge >= 0.3 is 0 Å². The van der Waals surface area contributed by atoms with E-state index >= 15 is 0 Å². The van der Waals surface area contributed by atoms with E-state index in [1.165, 1.54) is 25.0 Å². The number of furan rings is 1. The van der Waals surface area contributed by atoms with Crippen molar-refractivity contribution in [3.05, 3.63) is 41.9 Å². The molecule has 1 saturated carbocycles. The Labute approximate surface area is 172 Å². The molecule has 1 aliphatic carbocycles. The Hall–Kier alpha value is -2.12. The molecule has 1 aliphatic heterocycles. The van der Waals surface area contributed by atoms with Gasteiger partial charge in [-0.1, -0.05) is 19.3 Å². The first kappa shape index (κ1) is 20.2. The van der Waals surface area contributed by atoms with E-state index in [0.717, 1.165) is 30.8 Å². The van der Waals surface area contributed by atoms with Gasteiger partial charge in [-0.3, -0.25) is 10.1 Å². The minimum Gasteiger partial charge on any atom is -0.467 e. The minimum atomic E-state index is -0.242. The molecule has 158 valence electrons. The minimum absolute atomic E-state index is 0.138. The smallest absolute Gasteiger partial charge is 0.240 e. The highest BCUT2D eigenvalue weighted by Gasteiger charge is 2.45. The van der Waals surface area contributed by atoms with Crippen LogP contribution in [0.15, 0.2) is 29.1 Å². The lowest BCUT2D eigenvalue weighted by atomic mass is 9.75. The number of fused-ring (bicyclic) bond motifs is 2. The molecule has 2 aliphatic rings. The van der Waals surface area contributed by atoms with Gasteiger partial charge in [0, 0.05) is 32.3 Å². The van der Waals surface area contributed by atoms with E-state index in [1.807, 2.05) is 30.3 Å². The average molecular weight is 401 g/mol. The van der Waals surface area contributed by atoms with Crippen LogP contribution in [-0.2, 0) is 34.6 Å². The van der Waals surface area contributed by atoms with E-state index in [-0.39, 0.29) is 17.5 Å². The van der Waals surface area contributed by atoms with Gasteiger partial charge in [-0.15, -0.1) is 0 Å². The summed E-state index contributed by atoms with van der Waals surface area (Å²) in [7, 11) is 1.72. The summed E-state index contributed by atoms with van der Waals surface area (Å²) in [5.41, 5.74) is 2.15. The molecule has 1 fully saturated rings. The molecule has 1 amide bonds. The molecule has 4 rings (SSSR count). The highest BCUT2D eigenvalue weighted by molar-refractivity contribution is 5.82. The highest BCUT2D eigenvalue weighted by Crippen LogP contribution is 2.41. The van der Waals surface area contributed by atoms with Crippen molar-refractivity contribution in [2.45, 2.75) is 70.1 Å². The summed E-state index contributed by atoms with van der Waals surface area (Å²) in [6.45, 7) is 4.58. The number of hydrogen-bond donors (Lipinski definition) is 1. The first-order chi connectivity index (χ1) is 14.2. The monoisotopic (exact) mass is 400 g/mol. The van der Waals surface area contributed by atoms with E-state index in [9.17, 15) is 4.79 Å². The summed E-state index contributed by atoms with van der Waals surface area (Å²) in [5.74, 6) is 0.952. The van der Waals surface area contributed by atoms with Gasteiger partial charge in [0.2, 0.25) is 5.91 Å². The molecule has 29 heavy (non-hydrogen) atoms. The Morgan fingerprint density at radius 2 is 2.24 bits per heavy atom. The van der Waals surface area contributed by atoms with Gasteiger partial charge in [-0.25, -0.2) is 4.98 Å². The van der Waals surface area contributed by atoms with Crippen LogP contribution in [0, 0.1) is 0 Å². The fourth-order valence-corrected chi connectivity index (χ4v) is 4.89. The summed E-state index contributed by atoms with van der Waals surface area (Å²) >= 11 is 0. The number of amides is 1. The maximum atomic E-state index is 13.5. The number of rotatable bonds is 7. The van der Waals surface area contributed by atoms with E-state index in [2.05, 4.69) is 9.88 Å². The Kier molecular flexibility index (Phi) is 6.06. The van der Waals surface area contributed by atoms with Gasteiger partial charge in [0.1, 0.15) is 5.76 Å². The standard InChI is InChI=1S/C22H32N4O3/c1-3-25(15-17-8-7-12-29-17)21(27)18-14-19-20(23-16-26(19)11-13-28-2)22(24-18)9-5-4-6-10-22/h7-8,12,16,18,24H,3-6,9-11,13-15H2,1-2H3. The van der Waals surface area contributed by atoms with Crippen molar-refractivity contribution >= 4 is 5.91 Å². The van der Waals surface area contributed by atoms with Crippen LogP contribution < -0.4 is 5.32 Å². The Bertz CT molecular complexity index is 808. The zero-order valence-corrected chi connectivity index (χ0v) is 17.5. The van der Waals surface area contributed by atoms with Crippen molar-refractivity contribution in [2.24, 2.45) is 0 Å². The van der Waals surface area contributed by atoms with Crippen LogP contribution in [-0.4, -0.2) is 46.7 Å². The summed E-state index contributed by atoms with van der Waals surface area (Å²) in [6.07, 6.45) is 9.91. The first-order valence-electron chi connectivity index (χ1n) is 10.8. The van der Waals surface area contributed by atoms with E-state index in [4.69, 9.17) is 14.1 Å². The van der Waals surface area contributed by atoms with Crippen molar-refractivity contribution in [1.29, 1.82) is 0 Å². The van der Waals surface area contributed by atoms with Crippen LogP contribution in [0.25, 0.3) is 0 Å². The molecule has 2 aromatic rings. The fraction of sp³-hybridized carbons (Fsp3) is 0.636. The molecular formula is C22H32N4O3. The fourth-order valence-electron chi connectivity index (χ4n) is 4.89. The van der Waals surface area contributed by atoms with Crippen LogP contribution >= 0.6 is 0 Å². The normalized spacial score (nSPS) is 20.6. The molecule has 1 atom stereocenters. The van der Waals surface area contributed by atoms with Crippen LogP contribution in [0.3, 0.4) is 0 Å². The second-order valence-corrected chi connectivity index (χ2v) is 8.20. The van der Waals surface area contributed by atoms with Crippen molar-refractivity contribution in [3.8, 4) is 0 Å². The third-order valence-corrected chi connectivity index (χ3v) is 6.41. The molecular weight excluding hydrogens is 368 g/mol. The number of likely N-dealkylation sites (N-methyl/N-ethyl adjacent to an activating group) is 1. The van der Waals surface area contributed by atoms with Crippen molar-refractivity contribution < 1.29 is 13.9 Å². The summed E-state index contributed by atoms with van der Waals surface area (Å²) in [6, 6.07) is 3.54. The van der Waals surface area contributed by atoms with Gasteiger partial charge in [0.05, 0.1) is 43.0 Å². The molecule has 1 N–H and O–H groups in total. The van der Waals surface area contributed by atoms with E-state index in [0.29, 0.717) is 26.1 Å². The second-order valence-electron chi connectivity index (χ2n) is 8.20. The third kappa shape index (κ3) is 3.98. The molecule has 0 bridgehead atoms. The van der Waals surface area contributed by atoms with Gasteiger partial charge < -0.3 is 18.6 Å². The average Bonchev–Trinajstić information content (AvgIpc) is 3.41. The second kappa shape index (κ2) is 8.71. The summed E-state index contributed by atoms with van der Waals surface area (Å²) < 4.78 is 12.9. The van der Waals surface area contributed by atoms with Gasteiger partial charge in [0.15, 0.2) is 0 Å². The summed E-state index contributed by atoms with van der Waals surface area (Å²) in [4.78, 5) is 20.2. The van der Waals surface area contributed by atoms with Crippen molar-refractivity contribution in [3.63, 3.8) is 0 Å². The van der Waals surface area contributed by atoms with Crippen molar-refractivity contribution in [2.75, 3.05) is 20.3 Å². The number of aromatic nitrogens is 2. The van der Waals surface area contributed by atoms with Gasteiger partial charge in [0.25, 0.3) is 0 Å². The van der Waals surface area contributed by atoms with Gasteiger partial charge in [-0.05, 0) is 31.9 Å². The number of nitrogens with zero attached hydrogens (tertiary/aromatic N) is 3. The zero-order chi connectivity index (χ0) is 20.3. The zero-order valence-electron chi connectivity index (χ0n) is 17.5. The number of imidazole rings is 1. The number of ether oxygens (including phenoxy) is 1. The predicted octanol–water partition coefficient (Wildman–Crippen LogP) is 2.84. The number of nitrogens with one attached hydrogen (secondary N) is 1. The molecule has 1 unspecified atom stereocenters. The lowest BCUT2D eigenvalue weighted by Gasteiger charge is -2.44. The van der Waals surface area contributed by atoms with E-state index < -0.39 is 0 Å². The summed E-state index contributed by atoms with van der Waals surface area (Å²) in [5, 5.41) is 3.76. The molecule has 0 aromatic carbocycles. The molecule has 0 saturated heterocycles. The highest BCUT2D eigenvalue weighted by atomic mass is 16.5. The molecule has 3 heterocycles. The molecule has 7 heteroatoms. The molecule has 1 spiro atoms. The maximum Gasteiger partial charge on any atom is 0.240 e. The van der Waals surface area contributed by atoms with Crippen LogP contribution in [0.4, 0.5) is 0 Å². The number of carbonyl (C=O) groups is 1. The maximum absolute atomic E-state index is 13.5. The number of methoxy groups -OCH3 is 1. The SMILES string of the molecule is CCN(Cc1ccco1)C(=O)C1Cc2c(ncn2CCOC)C2(CCCCC2)N1. The van der Waals surface area contributed by atoms with E-state index in [1.54, 1.807) is 13.4 Å². The third-order valence-electron chi connectivity index (χ3n) is 6.41. The number of carbonyl (C=O) groups excluding carboxylic acids is 1. The van der Waals surface area contributed by atoms with Crippen LogP contribution in [0.2, 0.25) is 0 Å². The Morgan fingerprint density at radius 3 is 2.93 bits per heavy atom. The quantitative estimate of drug-likeness (QED) is 0.774. The Balaban J connectivity index is 1.61. The lowest BCUT2D eigenvalue weighted by Crippen LogP contribution is -2.59. The molecule has 2 aromatic heterocycles. The number of hydrogen-bond acceptors (Lipinski definition) is 5. The topological polar surface area (TPSA) is 72.5 Å². The molecule has 0 radical (unpaired) electrons. The van der Waals surface area contributed by atoms with Crippen LogP contribution in [0.1, 0.15) is 56.2 Å². The van der Waals surface area contributed by atoms with Gasteiger partial charge in [-0.2, -0.15) is 0 Å². The first-order valence-corrected chi connectivity index (χ1v) is 10.8.